The highest BCUT2D eigenvalue weighted by Gasteiger charge is 2.30. The first-order valence-electron chi connectivity index (χ1n) is 7.25. The number of rotatable bonds is 4. The van der Waals surface area contributed by atoms with Crippen LogP contribution in [0.2, 0.25) is 5.02 Å². The number of alkyl halides is 3. The number of aromatic nitrogens is 3. The minimum atomic E-state index is -4.53. The first kappa shape index (κ1) is 19.7. The van der Waals surface area contributed by atoms with Crippen LogP contribution in [0, 0.1) is 0 Å². The van der Waals surface area contributed by atoms with E-state index in [1.807, 2.05) is 0 Å². The third-order valence-electron chi connectivity index (χ3n) is 3.48. The Morgan fingerprint density at radius 2 is 1.88 bits per heavy atom. The van der Waals surface area contributed by atoms with E-state index in [9.17, 15) is 22.8 Å². The quantitative estimate of drug-likeness (QED) is 0.797. The summed E-state index contributed by atoms with van der Waals surface area (Å²) in [5.74, 6) is -0.319. The van der Waals surface area contributed by atoms with Crippen LogP contribution in [0.25, 0.3) is 5.82 Å². The first-order chi connectivity index (χ1) is 12.0. The number of pyridine rings is 1. The number of nitrogens with zero attached hydrogens (tertiary/aromatic N) is 5. The molecule has 0 aliphatic heterocycles. The summed E-state index contributed by atoms with van der Waals surface area (Å²) in [6.45, 7) is -0.0314. The van der Waals surface area contributed by atoms with Gasteiger partial charge in [0.25, 0.3) is 5.56 Å². The molecule has 0 aromatic carbocycles. The van der Waals surface area contributed by atoms with Crippen molar-refractivity contribution in [2.24, 2.45) is 0 Å². The molecule has 2 heterocycles. The molecule has 0 spiro atoms. The molecular weight excluding hydrogens is 375 g/mol. The molecule has 2 aromatic rings. The molecular formula is C15H15ClF3N5O2. The number of halogens is 4. The van der Waals surface area contributed by atoms with Crippen molar-refractivity contribution < 1.29 is 18.0 Å². The van der Waals surface area contributed by atoms with Crippen LogP contribution in [0.3, 0.4) is 0 Å². The molecule has 7 nitrogen and oxygen atoms in total. The third-order valence-corrected chi connectivity index (χ3v) is 3.83. The van der Waals surface area contributed by atoms with Gasteiger partial charge in [-0.3, -0.25) is 9.59 Å². The molecule has 0 saturated heterocycles. The van der Waals surface area contributed by atoms with Gasteiger partial charge in [-0.1, -0.05) is 11.6 Å². The highest BCUT2D eigenvalue weighted by molar-refractivity contribution is 6.33. The zero-order valence-corrected chi connectivity index (χ0v) is 14.8. The normalized spacial score (nSPS) is 11.3. The maximum atomic E-state index is 12.6. The van der Waals surface area contributed by atoms with Crippen molar-refractivity contribution in [2.75, 3.05) is 32.6 Å². The molecule has 0 saturated carbocycles. The van der Waals surface area contributed by atoms with Gasteiger partial charge in [-0.2, -0.15) is 23.0 Å². The number of hydrogen-bond donors (Lipinski definition) is 0. The van der Waals surface area contributed by atoms with Gasteiger partial charge >= 0.3 is 6.18 Å². The van der Waals surface area contributed by atoms with Gasteiger partial charge in [0.2, 0.25) is 5.91 Å². The van der Waals surface area contributed by atoms with Crippen molar-refractivity contribution in [3.8, 4) is 5.82 Å². The van der Waals surface area contributed by atoms with Crippen LogP contribution in [0.5, 0.6) is 0 Å². The third kappa shape index (κ3) is 4.13. The summed E-state index contributed by atoms with van der Waals surface area (Å²) in [6.07, 6.45) is -2.69. The molecule has 0 radical (unpaired) electrons. The standard InChI is InChI=1S/C15H15ClF3N5O2/c1-22(2)12(25)8-23(3)10-7-21-24(14(26)13(10)16)11-5-4-9(6-20-11)15(17,18)19/h4-7H,8H2,1-3H3. The predicted octanol–water partition coefficient (Wildman–Crippen LogP) is 1.82. The van der Waals surface area contributed by atoms with Gasteiger partial charge in [-0.05, 0) is 12.1 Å². The Kier molecular flexibility index (Phi) is 5.55. The lowest BCUT2D eigenvalue weighted by atomic mass is 10.3. The molecule has 2 aromatic heterocycles. The molecule has 0 fully saturated rings. The van der Waals surface area contributed by atoms with E-state index in [1.165, 1.54) is 16.0 Å². The molecule has 0 unspecified atom stereocenters. The molecule has 11 heteroatoms. The van der Waals surface area contributed by atoms with Crippen molar-refractivity contribution in [1.82, 2.24) is 19.7 Å². The van der Waals surface area contributed by atoms with Gasteiger partial charge in [0, 0.05) is 27.3 Å². The minimum Gasteiger partial charge on any atom is -0.363 e. The Hall–Kier alpha value is -2.62. The number of likely N-dealkylation sites (N-methyl/N-ethyl adjacent to an activating group) is 2. The zero-order chi connectivity index (χ0) is 19.6. The summed E-state index contributed by atoms with van der Waals surface area (Å²) in [6, 6.07) is 1.81. The van der Waals surface area contributed by atoms with Crippen molar-refractivity contribution in [2.45, 2.75) is 6.18 Å². The van der Waals surface area contributed by atoms with E-state index >= 15 is 0 Å². The van der Waals surface area contributed by atoms with E-state index in [4.69, 9.17) is 11.6 Å². The highest BCUT2D eigenvalue weighted by atomic mass is 35.5. The second-order valence-electron chi connectivity index (χ2n) is 5.61. The molecule has 0 bridgehead atoms. The lowest BCUT2D eigenvalue weighted by Crippen LogP contribution is -2.35. The molecule has 140 valence electrons. The number of carbonyl (C=O) groups excluding carboxylic acids is 1. The van der Waals surface area contributed by atoms with E-state index in [0.29, 0.717) is 6.20 Å². The Balaban J connectivity index is 2.35. The number of amides is 1. The maximum Gasteiger partial charge on any atom is 0.417 e. The number of hydrogen-bond acceptors (Lipinski definition) is 5. The fourth-order valence-electron chi connectivity index (χ4n) is 1.96. The van der Waals surface area contributed by atoms with Gasteiger partial charge < -0.3 is 9.80 Å². The lowest BCUT2D eigenvalue weighted by Gasteiger charge is -2.21. The first-order valence-corrected chi connectivity index (χ1v) is 7.63. The Morgan fingerprint density at radius 3 is 2.38 bits per heavy atom. The minimum absolute atomic E-state index is 0.0314. The van der Waals surface area contributed by atoms with Gasteiger partial charge in [0.05, 0.1) is 24.0 Å². The zero-order valence-electron chi connectivity index (χ0n) is 14.1. The van der Waals surface area contributed by atoms with Gasteiger partial charge in [-0.25, -0.2) is 4.98 Å². The maximum absolute atomic E-state index is 12.6. The van der Waals surface area contributed by atoms with E-state index < -0.39 is 17.3 Å². The topological polar surface area (TPSA) is 71.3 Å². The number of anilines is 1. The monoisotopic (exact) mass is 389 g/mol. The van der Waals surface area contributed by atoms with Crippen LogP contribution < -0.4 is 10.5 Å². The van der Waals surface area contributed by atoms with Crippen molar-refractivity contribution in [1.29, 1.82) is 0 Å². The van der Waals surface area contributed by atoms with Gasteiger partial charge in [0.1, 0.15) is 5.02 Å². The Morgan fingerprint density at radius 1 is 1.23 bits per heavy atom. The summed E-state index contributed by atoms with van der Waals surface area (Å²) >= 11 is 6.06. The Bertz CT molecular complexity index is 865. The average molecular weight is 390 g/mol. The summed E-state index contributed by atoms with van der Waals surface area (Å²) in [5, 5.41) is 3.66. The fourth-order valence-corrected chi connectivity index (χ4v) is 2.24. The predicted molar refractivity (Wildman–Crippen MR) is 89.6 cm³/mol. The van der Waals surface area contributed by atoms with Crippen LogP contribution in [0.4, 0.5) is 18.9 Å². The van der Waals surface area contributed by atoms with E-state index in [0.717, 1.165) is 16.8 Å². The van der Waals surface area contributed by atoms with Crippen molar-refractivity contribution in [3.63, 3.8) is 0 Å². The number of carbonyl (C=O) groups is 1. The van der Waals surface area contributed by atoms with Crippen LogP contribution >= 0.6 is 11.6 Å². The highest BCUT2D eigenvalue weighted by Crippen LogP contribution is 2.28. The summed E-state index contributed by atoms with van der Waals surface area (Å²) in [7, 11) is 4.74. The van der Waals surface area contributed by atoms with E-state index in [1.54, 1.807) is 21.1 Å². The second-order valence-corrected chi connectivity index (χ2v) is 5.99. The molecule has 26 heavy (non-hydrogen) atoms. The van der Waals surface area contributed by atoms with E-state index in [2.05, 4.69) is 10.1 Å². The summed E-state index contributed by atoms with van der Waals surface area (Å²) < 4.78 is 38.5. The summed E-state index contributed by atoms with van der Waals surface area (Å²) in [4.78, 5) is 30.6. The molecule has 2 rings (SSSR count). The van der Waals surface area contributed by atoms with Crippen LogP contribution in [0.1, 0.15) is 5.56 Å². The van der Waals surface area contributed by atoms with Gasteiger partial charge in [-0.15, -0.1) is 0 Å². The molecule has 0 atom stereocenters. The molecule has 1 amide bonds. The smallest absolute Gasteiger partial charge is 0.363 e. The second kappa shape index (κ2) is 7.32. The lowest BCUT2D eigenvalue weighted by molar-refractivity contribution is -0.137. The van der Waals surface area contributed by atoms with Crippen molar-refractivity contribution in [3.05, 3.63) is 45.5 Å². The van der Waals surface area contributed by atoms with Crippen LogP contribution in [0.15, 0.2) is 29.3 Å². The van der Waals surface area contributed by atoms with Crippen molar-refractivity contribution >= 4 is 23.2 Å². The Labute approximate surface area is 151 Å². The summed E-state index contributed by atoms with van der Waals surface area (Å²) in [5.41, 5.74) is -1.49. The SMILES string of the molecule is CN(C)C(=O)CN(C)c1cnn(-c2ccc(C(F)(F)F)cn2)c(=O)c1Cl. The van der Waals surface area contributed by atoms with E-state index in [-0.39, 0.29) is 29.0 Å². The molecule has 0 aliphatic carbocycles. The van der Waals surface area contributed by atoms with Gasteiger partial charge in [0.15, 0.2) is 5.82 Å². The average Bonchev–Trinajstić information content (AvgIpc) is 2.56. The fraction of sp³-hybridized carbons (Fsp3) is 0.333. The van der Waals surface area contributed by atoms with Crippen LogP contribution in [-0.4, -0.2) is 53.3 Å². The largest absolute Gasteiger partial charge is 0.417 e. The molecule has 0 N–H and O–H groups in total. The molecule has 0 aliphatic rings. The van der Waals surface area contributed by atoms with Crippen LogP contribution in [-0.2, 0) is 11.0 Å².